The molecule has 2 aromatic rings. The highest BCUT2D eigenvalue weighted by Gasteiger charge is 2.10. The lowest BCUT2D eigenvalue weighted by molar-refractivity contribution is 0.977. The highest BCUT2D eigenvalue weighted by molar-refractivity contribution is 6.42. The third-order valence-corrected chi connectivity index (χ3v) is 3.81. The van der Waals surface area contributed by atoms with E-state index >= 15 is 0 Å². The molecule has 5 heteroatoms. The van der Waals surface area contributed by atoms with Crippen molar-refractivity contribution in [3.8, 4) is 11.4 Å². The number of benzene rings is 1. The Bertz CT molecular complexity index is 597. The number of hydrogen-bond donors (Lipinski definition) is 0. The molecule has 0 N–H and O–H groups in total. The second-order valence-corrected chi connectivity index (χ2v) is 5.06. The highest BCUT2D eigenvalue weighted by atomic mass is 35.5. The fourth-order valence-corrected chi connectivity index (χ4v) is 2.13. The Morgan fingerprint density at radius 1 is 1.06 bits per heavy atom. The van der Waals surface area contributed by atoms with Crippen molar-refractivity contribution in [1.82, 2.24) is 9.97 Å². The van der Waals surface area contributed by atoms with Crippen LogP contribution in [0, 0.1) is 6.92 Å². The van der Waals surface area contributed by atoms with E-state index in [9.17, 15) is 0 Å². The fraction of sp³-hybridized carbons (Fsp3) is 0.231. The Hall–Kier alpha value is -0.830. The summed E-state index contributed by atoms with van der Waals surface area (Å²) in [4.78, 5) is 8.77. The minimum Gasteiger partial charge on any atom is -0.233 e. The lowest BCUT2D eigenvalue weighted by Crippen LogP contribution is -1.99. The van der Waals surface area contributed by atoms with Crippen LogP contribution in [-0.2, 0) is 6.42 Å². The SMILES string of the molecule is CCc1nc(-c2ccc(Cl)c(Cl)c2)nc(Cl)c1C. The monoisotopic (exact) mass is 300 g/mol. The molecule has 0 radical (unpaired) electrons. The van der Waals surface area contributed by atoms with Gasteiger partial charge in [-0.15, -0.1) is 0 Å². The second kappa shape index (κ2) is 5.43. The molecule has 2 nitrogen and oxygen atoms in total. The van der Waals surface area contributed by atoms with Crippen molar-refractivity contribution in [3.05, 3.63) is 44.7 Å². The molecule has 1 aromatic heterocycles. The number of halogens is 3. The van der Waals surface area contributed by atoms with E-state index < -0.39 is 0 Å². The van der Waals surface area contributed by atoms with Crippen LogP contribution in [0.1, 0.15) is 18.2 Å². The van der Waals surface area contributed by atoms with E-state index in [-0.39, 0.29) is 0 Å². The second-order valence-electron chi connectivity index (χ2n) is 3.89. The van der Waals surface area contributed by atoms with Gasteiger partial charge in [0.05, 0.1) is 10.0 Å². The van der Waals surface area contributed by atoms with Gasteiger partial charge in [-0.1, -0.05) is 41.7 Å². The van der Waals surface area contributed by atoms with E-state index in [4.69, 9.17) is 34.8 Å². The molecule has 0 aliphatic rings. The molecule has 0 aliphatic heterocycles. The summed E-state index contributed by atoms with van der Waals surface area (Å²) in [6.07, 6.45) is 0.808. The van der Waals surface area contributed by atoms with Crippen LogP contribution in [0.5, 0.6) is 0 Å². The number of rotatable bonds is 2. The molecule has 0 unspecified atom stereocenters. The molecular formula is C13H11Cl3N2. The van der Waals surface area contributed by atoms with Crippen LogP contribution in [0.15, 0.2) is 18.2 Å². The zero-order valence-corrected chi connectivity index (χ0v) is 12.2. The number of nitrogens with zero attached hydrogens (tertiary/aromatic N) is 2. The summed E-state index contributed by atoms with van der Waals surface area (Å²) in [6, 6.07) is 5.29. The molecular weight excluding hydrogens is 291 g/mol. The van der Waals surface area contributed by atoms with Crippen molar-refractivity contribution in [2.45, 2.75) is 20.3 Å². The number of aryl methyl sites for hydroxylation is 1. The molecule has 94 valence electrons. The summed E-state index contributed by atoms with van der Waals surface area (Å²) in [6.45, 7) is 3.95. The maximum Gasteiger partial charge on any atom is 0.161 e. The van der Waals surface area contributed by atoms with Gasteiger partial charge in [-0.2, -0.15) is 0 Å². The van der Waals surface area contributed by atoms with Gasteiger partial charge in [-0.05, 0) is 31.5 Å². The Morgan fingerprint density at radius 3 is 2.39 bits per heavy atom. The van der Waals surface area contributed by atoms with Gasteiger partial charge >= 0.3 is 0 Å². The predicted octanol–water partition coefficient (Wildman–Crippen LogP) is 4.97. The smallest absolute Gasteiger partial charge is 0.161 e. The summed E-state index contributed by atoms with van der Waals surface area (Å²) in [7, 11) is 0. The minimum absolute atomic E-state index is 0.475. The Kier molecular flexibility index (Phi) is 4.10. The van der Waals surface area contributed by atoms with Gasteiger partial charge in [0.1, 0.15) is 5.15 Å². The highest BCUT2D eigenvalue weighted by Crippen LogP contribution is 2.28. The lowest BCUT2D eigenvalue weighted by atomic mass is 10.1. The molecule has 18 heavy (non-hydrogen) atoms. The van der Waals surface area contributed by atoms with Crippen molar-refractivity contribution in [2.75, 3.05) is 0 Å². The first kappa shape index (κ1) is 13.6. The lowest BCUT2D eigenvalue weighted by Gasteiger charge is -2.08. The maximum absolute atomic E-state index is 6.11. The molecule has 0 atom stereocenters. The quantitative estimate of drug-likeness (QED) is 0.731. The zero-order valence-electron chi connectivity index (χ0n) is 9.97. The predicted molar refractivity (Wildman–Crippen MR) is 76.6 cm³/mol. The standard InChI is InChI=1S/C13H11Cl3N2/c1-3-11-7(2)12(16)18-13(17-11)8-4-5-9(14)10(15)6-8/h4-6H,3H2,1-2H3. The van der Waals surface area contributed by atoms with Crippen molar-refractivity contribution in [2.24, 2.45) is 0 Å². The van der Waals surface area contributed by atoms with Crippen molar-refractivity contribution in [1.29, 1.82) is 0 Å². The van der Waals surface area contributed by atoms with Crippen LogP contribution >= 0.6 is 34.8 Å². The largest absolute Gasteiger partial charge is 0.233 e. The number of hydrogen-bond acceptors (Lipinski definition) is 2. The number of aromatic nitrogens is 2. The van der Waals surface area contributed by atoms with Crippen LogP contribution < -0.4 is 0 Å². The van der Waals surface area contributed by atoms with E-state index in [0.29, 0.717) is 21.0 Å². The minimum atomic E-state index is 0.475. The van der Waals surface area contributed by atoms with E-state index in [2.05, 4.69) is 9.97 Å². The fourth-order valence-electron chi connectivity index (χ4n) is 1.64. The molecule has 0 amide bonds. The summed E-state index contributed by atoms with van der Waals surface area (Å²) >= 11 is 18.0. The normalized spacial score (nSPS) is 10.7. The topological polar surface area (TPSA) is 25.8 Å². The Morgan fingerprint density at radius 2 is 1.78 bits per heavy atom. The Labute approximate surface area is 121 Å². The molecule has 0 spiro atoms. The van der Waals surface area contributed by atoms with Crippen molar-refractivity contribution < 1.29 is 0 Å². The molecule has 1 aromatic carbocycles. The van der Waals surface area contributed by atoms with E-state index in [0.717, 1.165) is 23.2 Å². The molecule has 1 heterocycles. The van der Waals surface area contributed by atoms with Crippen LogP contribution in [0.4, 0.5) is 0 Å². The third kappa shape index (κ3) is 2.61. The summed E-state index contributed by atoms with van der Waals surface area (Å²) in [5.41, 5.74) is 2.67. The third-order valence-electron chi connectivity index (χ3n) is 2.70. The van der Waals surface area contributed by atoms with Crippen LogP contribution in [-0.4, -0.2) is 9.97 Å². The van der Waals surface area contributed by atoms with Crippen LogP contribution in [0.3, 0.4) is 0 Å². The summed E-state index contributed by atoms with van der Waals surface area (Å²) < 4.78 is 0. The molecule has 0 bridgehead atoms. The van der Waals surface area contributed by atoms with E-state index in [1.165, 1.54) is 0 Å². The Balaban J connectivity index is 2.57. The maximum atomic E-state index is 6.11. The van der Waals surface area contributed by atoms with Gasteiger partial charge in [0, 0.05) is 16.8 Å². The van der Waals surface area contributed by atoms with Crippen LogP contribution in [0.2, 0.25) is 15.2 Å². The molecule has 2 rings (SSSR count). The van der Waals surface area contributed by atoms with Crippen molar-refractivity contribution >= 4 is 34.8 Å². The molecule has 0 fully saturated rings. The van der Waals surface area contributed by atoms with Crippen molar-refractivity contribution in [3.63, 3.8) is 0 Å². The van der Waals surface area contributed by atoms with E-state index in [1.54, 1.807) is 12.1 Å². The molecule has 0 saturated carbocycles. The molecule has 0 saturated heterocycles. The van der Waals surface area contributed by atoms with Gasteiger partial charge in [0.15, 0.2) is 5.82 Å². The van der Waals surface area contributed by atoms with Crippen LogP contribution in [0.25, 0.3) is 11.4 Å². The zero-order chi connectivity index (χ0) is 13.3. The first-order valence-corrected chi connectivity index (χ1v) is 6.64. The average Bonchev–Trinajstić information content (AvgIpc) is 2.36. The van der Waals surface area contributed by atoms with Gasteiger partial charge in [0.25, 0.3) is 0 Å². The van der Waals surface area contributed by atoms with Gasteiger partial charge < -0.3 is 0 Å². The average molecular weight is 302 g/mol. The summed E-state index contributed by atoms with van der Waals surface area (Å²) in [5.74, 6) is 0.570. The first-order valence-electron chi connectivity index (χ1n) is 5.51. The van der Waals surface area contributed by atoms with Gasteiger partial charge in [0.2, 0.25) is 0 Å². The molecule has 0 aliphatic carbocycles. The first-order chi connectivity index (χ1) is 8.52. The van der Waals surface area contributed by atoms with Gasteiger partial charge in [-0.25, -0.2) is 9.97 Å². The van der Waals surface area contributed by atoms with Gasteiger partial charge in [-0.3, -0.25) is 0 Å². The summed E-state index contributed by atoms with van der Waals surface area (Å²) in [5, 5.41) is 1.46. The van der Waals surface area contributed by atoms with E-state index in [1.807, 2.05) is 19.9 Å².